The summed E-state index contributed by atoms with van der Waals surface area (Å²) in [6, 6.07) is 16.8. The van der Waals surface area contributed by atoms with Gasteiger partial charge in [0.25, 0.3) is 5.91 Å². The number of ether oxygens (including phenoxy) is 1. The number of hydrogen-bond donors (Lipinski definition) is 2. The van der Waals surface area contributed by atoms with Crippen molar-refractivity contribution in [2.45, 2.75) is 51.2 Å². The van der Waals surface area contributed by atoms with Crippen LogP contribution in [0.15, 0.2) is 54.6 Å². The molecule has 1 amide bonds. The van der Waals surface area contributed by atoms with Gasteiger partial charge in [-0.05, 0) is 73.8 Å². The van der Waals surface area contributed by atoms with Crippen LogP contribution >= 0.6 is 11.6 Å². The van der Waals surface area contributed by atoms with Crippen LogP contribution in [-0.4, -0.2) is 30.6 Å². The largest absolute Gasteiger partial charge is 0.465 e. The molecule has 32 heavy (non-hydrogen) atoms. The molecule has 6 atom stereocenters. The summed E-state index contributed by atoms with van der Waals surface area (Å²) in [5, 5.41) is 7.41. The number of carbonyl (C=O) groups is 2. The van der Waals surface area contributed by atoms with E-state index in [9.17, 15) is 9.59 Å². The first-order valence-electron chi connectivity index (χ1n) is 11.6. The van der Waals surface area contributed by atoms with E-state index in [1.165, 1.54) is 0 Å². The minimum atomic E-state index is -0.441. The third kappa shape index (κ3) is 5.00. The number of carbonyl (C=O) groups excluding carboxylic acids is 2. The molecular weight excluding hydrogens is 424 g/mol. The Bertz CT molecular complexity index is 922. The Labute approximate surface area is 194 Å². The zero-order chi connectivity index (χ0) is 22.7. The second-order valence-corrected chi connectivity index (χ2v) is 9.27. The topological polar surface area (TPSA) is 67.4 Å². The normalized spacial score (nSPS) is 25.5. The quantitative estimate of drug-likeness (QED) is 0.536. The van der Waals surface area contributed by atoms with Crippen molar-refractivity contribution in [1.82, 2.24) is 10.6 Å². The summed E-state index contributed by atoms with van der Waals surface area (Å²) in [4.78, 5) is 25.2. The van der Waals surface area contributed by atoms with E-state index in [1.54, 1.807) is 24.3 Å². The Hall–Kier alpha value is -2.37. The molecule has 0 radical (unpaired) electrons. The van der Waals surface area contributed by atoms with Crippen LogP contribution in [0.5, 0.6) is 0 Å². The Morgan fingerprint density at radius 3 is 2.28 bits per heavy atom. The summed E-state index contributed by atoms with van der Waals surface area (Å²) in [6.07, 6.45) is 2.95. The Morgan fingerprint density at radius 2 is 1.69 bits per heavy atom. The van der Waals surface area contributed by atoms with Gasteiger partial charge in [0.2, 0.25) is 0 Å². The average Bonchev–Trinajstić information content (AvgIpc) is 3.29. The summed E-state index contributed by atoms with van der Waals surface area (Å²) >= 11 is 5.93. The molecule has 170 valence electrons. The highest BCUT2D eigenvalue weighted by atomic mass is 35.5. The lowest BCUT2D eigenvalue weighted by molar-refractivity contribution is -0.146. The lowest BCUT2D eigenvalue weighted by atomic mass is 9.97. The van der Waals surface area contributed by atoms with Gasteiger partial charge in [0.05, 0.1) is 6.61 Å². The van der Waals surface area contributed by atoms with Crippen molar-refractivity contribution in [1.29, 1.82) is 0 Å². The highest BCUT2D eigenvalue weighted by molar-refractivity contribution is 6.30. The van der Waals surface area contributed by atoms with Crippen LogP contribution < -0.4 is 10.6 Å². The number of hydrogen-bond acceptors (Lipinski definition) is 4. The molecule has 4 rings (SSSR count). The third-order valence-electron chi connectivity index (χ3n) is 6.90. The Morgan fingerprint density at radius 1 is 1.03 bits per heavy atom. The van der Waals surface area contributed by atoms with Gasteiger partial charge in [0.15, 0.2) is 0 Å². The molecular formula is C26H31ClN2O3. The molecule has 2 aliphatic rings. The summed E-state index contributed by atoms with van der Waals surface area (Å²) in [5.41, 5.74) is 1.57. The molecule has 2 unspecified atom stereocenters. The maximum Gasteiger partial charge on any atom is 0.327 e. The van der Waals surface area contributed by atoms with Crippen LogP contribution in [0, 0.1) is 17.8 Å². The number of halogens is 1. The summed E-state index contributed by atoms with van der Waals surface area (Å²) in [5.74, 6) is 1.41. The maximum absolute atomic E-state index is 12.7. The van der Waals surface area contributed by atoms with E-state index in [1.807, 2.05) is 37.3 Å². The molecule has 0 saturated heterocycles. The minimum Gasteiger partial charge on any atom is -0.465 e. The standard InChI is InChI=1S/C26H31ClN2O3/c1-3-22(29-25(30)17-10-12-18(27)13-11-17)23-20-14-19(15-21(20)23)28-24(26(31)32-4-2)16-8-6-5-7-9-16/h5-13,19-24,28H,3-4,14-15H2,1-2H3,(H,29,30)/t19-,20-,21+,22?,23+,24?. The van der Waals surface area contributed by atoms with Gasteiger partial charge in [-0.15, -0.1) is 0 Å². The smallest absolute Gasteiger partial charge is 0.327 e. The zero-order valence-corrected chi connectivity index (χ0v) is 19.3. The molecule has 5 nitrogen and oxygen atoms in total. The summed E-state index contributed by atoms with van der Waals surface area (Å²) < 4.78 is 5.32. The fourth-order valence-electron chi connectivity index (χ4n) is 5.36. The van der Waals surface area contributed by atoms with Gasteiger partial charge < -0.3 is 10.1 Å². The molecule has 0 spiro atoms. The molecule has 2 aromatic rings. The fraction of sp³-hybridized carbons (Fsp3) is 0.462. The van der Waals surface area contributed by atoms with E-state index < -0.39 is 6.04 Å². The molecule has 6 heteroatoms. The van der Waals surface area contributed by atoms with Crippen molar-refractivity contribution in [3.8, 4) is 0 Å². The summed E-state index contributed by atoms with van der Waals surface area (Å²) in [7, 11) is 0. The van der Waals surface area contributed by atoms with Crippen molar-refractivity contribution in [3.63, 3.8) is 0 Å². The van der Waals surface area contributed by atoms with E-state index in [-0.39, 0.29) is 24.0 Å². The van der Waals surface area contributed by atoms with Crippen molar-refractivity contribution in [2.24, 2.45) is 17.8 Å². The molecule has 0 aliphatic heterocycles. The van der Waals surface area contributed by atoms with E-state index in [0.29, 0.717) is 34.9 Å². The van der Waals surface area contributed by atoms with Crippen LogP contribution in [0.4, 0.5) is 0 Å². The molecule has 2 fully saturated rings. The monoisotopic (exact) mass is 454 g/mol. The molecule has 2 aromatic carbocycles. The first-order valence-corrected chi connectivity index (χ1v) is 11.9. The predicted octanol–water partition coefficient (Wildman–Crippen LogP) is 4.77. The van der Waals surface area contributed by atoms with Crippen LogP contribution in [0.2, 0.25) is 5.02 Å². The third-order valence-corrected chi connectivity index (χ3v) is 7.15. The van der Waals surface area contributed by atoms with Gasteiger partial charge >= 0.3 is 5.97 Å². The van der Waals surface area contributed by atoms with Gasteiger partial charge in [0, 0.05) is 22.7 Å². The molecule has 2 saturated carbocycles. The number of amides is 1. The predicted molar refractivity (Wildman–Crippen MR) is 125 cm³/mol. The lowest BCUT2D eigenvalue weighted by Gasteiger charge is -2.25. The lowest BCUT2D eigenvalue weighted by Crippen LogP contribution is -2.40. The van der Waals surface area contributed by atoms with Crippen molar-refractivity contribution in [3.05, 3.63) is 70.7 Å². The minimum absolute atomic E-state index is 0.0420. The Kier molecular flexibility index (Phi) is 7.17. The van der Waals surface area contributed by atoms with E-state index >= 15 is 0 Å². The highest BCUT2D eigenvalue weighted by Gasteiger charge is 2.58. The number of rotatable bonds is 9. The summed E-state index contributed by atoms with van der Waals surface area (Å²) in [6.45, 7) is 4.33. The second kappa shape index (κ2) is 10.1. The van der Waals surface area contributed by atoms with Crippen molar-refractivity contribution < 1.29 is 14.3 Å². The van der Waals surface area contributed by atoms with E-state index in [4.69, 9.17) is 16.3 Å². The van der Waals surface area contributed by atoms with Gasteiger partial charge in [-0.3, -0.25) is 10.1 Å². The number of fused-ring (bicyclic) bond motifs is 1. The second-order valence-electron chi connectivity index (χ2n) is 8.83. The number of esters is 1. The van der Waals surface area contributed by atoms with E-state index in [2.05, 4.69) is 17.6 Å². The zero-order valence-electron chi connectivity index (χ0n) is 18.6. The molecule has 2 N–H and O–H groups in total. The van der Waals surface area contributed by atoms with Crippen LogP contribution in [-0.2, 0) is 9.53 Å². The molecule has 2 aliphatic carbocycles. The van der Waals surface area contributed by atoms with Crippen molar-refractivity contribution >= 4 is 23.5 Å². The number of benzene rings is 2. The molecule has 0 bridgehead atoms. The maximum atomic E-state index is 12.7. The number of nitrogens with one attached hydrogen (secondary N) is 2. The van der Waals surface area contributed by atoms with Gasteiger partial charge in [0.1, 0.15) is 6.04 Å². The van der Waals surface area contributed by atoms with Crippen LogP contribution in [0.1, 0.15) is 55.1 Å². The molecule has 0 heterocycles. The van der Waals surface area contributed by atoms with Crippen LogP contribution in [0.3, 0.4) is 0 Å². The first kappa shape index (κ1) is 22.8. The molecule has 0 aromatic heterocycles. The highest BCUT2D eigenvalue weighted by Crippen LogP contribution is 2.59. The van der Waals surface area contributed by atoms with Gasteiger partial charge in [-0.2, -0.15) is 0 Å². The van der Waals surface area contributed by atoms with Gasteiger partial charge in [-0.1, -0.05) is 48.9 Å². The van der Waals surface area contributed by atoms with Crippen molar-refractivity contribution in [2.75, 3.05) is 6.61 Å². The SMILES string of the molecule is CCOC(=O)C(N[C@@H]1C[C@@H]2[C@H](C1)[C@H]2C(CC)NC(=O)c1ccc(Cl)cc1)c1ccccc1. The van der Waals surface area contributed by atoms with E-state index in [0.717, 1.165) is 24.8 Å². The Balaban J connectivity index is 1.34. The first-order chi connectivity index (χ1) is 15.5. The average molecular weight is 455 g/mol. The fourth-order valence-corrected chi connectivity index (χ4v) is 5.48. The van der Waals surface area contributed by atoms with Gasteiger partial charge in [-0.25, -0.2) is 4.79 Å². The van der Waals surface area contributed by atoms with Crippen LogP contribution in [0.25, 0.3) is 0 Å².